The normalized spacial score (nSPS) is 17.1. The van der Waals surface area contributed by atoms with Crippen LogP contribution in [0.4, 0.5) is 4.79 Å². The van der Waals surface area contributed by atoms with E-state index in [9.17, 15) is 24.0 Å². The molecule has 0 aromatic heterocycles. The van der Waals surface area contributed by atoms with E-state index in [2.05, 4.69) is 0 Å². The largest absolute Gasteiger partial charge is 0.453 e. The molecule has 37 heavy (non-hydrogen) atoms. The van der Waals surface area contributed by atoms with Crippen LogP contribution in [0.3, 0.4) is 0 Å². The maximum absolute atomic E-state index is 13.7. The maximum Gasteiger partial charge on any atom is 0.416 e. The highest BCUT2D eigenvalue weighted by molar-refractivity contribution is 6.04. The van der Waals surface area contributed by atoms with Crippen molar-refractivity contribution in [2.24, 2.45) is 11.8 Å². The number of benzene rings is 1. The summed E-state index contributed by atoms with van der Waals surface area (Å²) in [6.07, 6.45) is 2.98. The standard InChI is InChI=1S/C28H37NO8/c1-19(2)24-18-36-28(35)29(24)27(34)23(17-21-11-7-6-8-12-21)26(37-20(3)31)25(33)15-14-22(32)13-9-4-5-10-16-30/h6-8,11-12,14-15,19,23-24,26,30H,4-5,9-10,13,16-18H2,1-3H3. The molecule has 0 radical (unpaired) electrons. The van der Waals surface area contributed by atoms with Crippen LogP contribution in [0.5, 0.6) is 0 Å². The summed E-state index contributed by atoms with van der Waals surface area (Å²) in [5.41, 5.74) is 0.711. The minimum absolute atomic E-state index is 0.0323. The summed E-state index contributed by atoms with van der Waals surface area (Å²) >= 11 is 0. The number of rotatable bonds is 15. The second kappa shape index (κ2) is 15.0. The second-order valence-corrected chi connectivity index (χ2v) is 9.51. The molecule has 1 aliphatic heterocycles. The van der Waals surface area contributed by atoms with E-state index in [0.717, 1.165) is 36.8 Å². The van der Waals surface area contributed by atoms with Crippen molar-refractivity contribution in [1.29, 1.82) is 0 Å². The number of imide groups is 1. The Labute approximate surface area is 217 Å². The van der Waals surface area contributed by atoms with Crippen LogP contribution in [0.15, 0.2) is 42.5 Å². The number of carbonyl (C=O) groups is 5. The van der Waals surface area contributed by atoms with E-state index in [1.807, 2.05) is 13.8 Å². The molecule has 0 aliphatic carbocycles. The Bertz CT molecular complexity index is 972. The lowest BCUT2D eigenvalue weighted by Gasteiger charge is -2.30. The molecule has 3 unspecified atom stereocenters. The van der Waals surface area contributed by atoms with E-state index >= 15 is 0 Å². The Balaban J connectivity index is 2.30. The van der Waals surface area contributed by atoms with Crippen molar-refractivity contribution in [3.63, 3.8) is 0 Å². The number of esters is 1. The van der Waals surface area contributed by atoms with Crippen LogP contribution in [0, 0.1) is 11.8 Å². The lowest BCUT2D eigenvalue weighted by Crippen LogP contribution is -2.50. The van der Waals surface area contributed by atoms with Gasteiger partial charge in [-0.05, 0) is 42.9 Å². The summed E-state index contributed by atoms with van der Waals surface area (Å²) in [5, 5.41) is 8.83. The van der Waals surface area contributed by atoms with Gasteiger partial charge in [-0.15, -0.1) is 0 Å². The van der Waals surface area contributed by atoms with Crippen molar-refractivity contribution in [1.82, 2.24) is 4.90 Å². The van der Waals surface area contributed by atoms with Gasteiger partial charge in [-0.1, -0.05) is 57.0 Å². The predicted octanol–water partition coefficient (Wildman–Crippen LogP) is 3.42. The van der Waals surface area contributed by atoms with E-state index in [4.69, 9.17) is 14.6 Å². The van der Waals surface area contributed by atoms with Crippen LogP contribution < -0.4 is 0 Å². The number of allylic oxidation sites excluding steroid dienone is 1. The number of amides is 2. The average molecular weight is 516 g/mol. The first-order chi connectivity index (χ1) is 17.6. The molecule has 0 spiro atoms. The zero-order valence-electron chi connectivity index (χ0n) is 21.8. The number of hydrogen-bond donors (Lipinski definition) is 1. The van der Waals surface area contributed by atoms with Gasteiger partial charge in [-0.3, -0.25) is 19.2 Å². The fraction of sp³-hybridized carbons (Fsp3) is 0.536. The molecule has 2 amide bonds. The Morgan fingerprint density at radius 3 is 2.38 bits per heavy atom. The van der Waals surface area contributed by atoms with Crippen molar-refractivity contribution in [3.05, 3.63) is 48.0 Å². The summed E-state index contributed by atoms with van der Waals surface area (Å²) in [6, 6.07) is 8.38. The topological polar surface area (TPSA) is 127 Å². The van der Waals surface area contributed by atoms with Crippen molar-refractivity contribution < 1.29 is 38.6 Å². The highest BCUT2D eigenvalue weighted by Crippen LogP contribution is 2.27. The number of cyclic esters (lactones) is 1. The van der Waals surface area contributed by atoms with Gasteiger partial charge < -0.3 is 14.6 Å². The molecular weight excluding hydrogens is 478 g/mol. The zero-order valence-corrected chi connectivity index (χ0v) is 21.8. The number of nitrogens with zero attached hydrogens (tertiary/aromatic N) is 1. The molecule has 1 aromatic carbocycles. The van der Waals surface area contributed by atoms with Crippen molar-refractivity contribution in [3.8, 4) is 0 Å². The minimum atomic E-state index is -1.53. The molecule has 1 aliphatic rings. The van der Waals surface area contributed by atoms with E-state index in [-0.39, 0.29) is 37.8 Å². The first kappa shape index (κ1) is 29.9. The number of ketones is 2. The average Bonchev–Trinajstić information content (AvgIpc) is 3.26. The Morgan fingerprint density at radius 1 is 1.08 bits per heavy atom. The molecule has 0 saturated carbocycles. The van der Waals surface area contributed by atoms with Gasteiger partial charge in [-0.25, -0.2) is 9.69 Å². The SMILES string of the molecule is CC(=O)OC(C(=O)C=CC(=O)CCCCCCO)C(Cc1ccccc1)C(=O)N1C(=O)OCC1C(C)C. The summed E-state index contributed by atoms with van der Waals surface area (Å²) in [6.45, 7) is 4.99. The van der Waals surface area contributed by atoms with Gasteiger partial charge >= 0.3 is 12.1 Å². The molecule has 1 N–H and O–H groups in total. The molecule has 9 nitrogen and oxygen atoms in total. The molecule has 1 saturated heterocycles. The molecule has 0 bridgehead atoms. The summed E-state index contributed by atoms with van der Waals surface area (Å²) in [7, 11) is 0. The molecule has 2 rings (SSSR count). The molecule has 1 heterocycles. The summed E-state index contributed by atoms with van der Waals surface area (Å²) < 4.78 is 10.5. The third kappa shape index (κ3) is 9.24. The van der Waals surface area contributed by atoms with Crippen molar-refractivity contribution in [2.75, 3.05) is 13.2 Å². The molecule has 1 aromatic rings. The molecule has 9 heteroatoms. The smallest absolute Gasteiger partial charge is 0.416 e. The third-order valence-corrected chi connectivity index (χ3v) is 6.23. The van der Waals surface area contributed by atoms with E-state index < -0.39 is 41.8 Å². The summed E-state index contributed by atoms with van der Waals surface area (Å²) in [5.74, 6) is -3.72. The Hall–Kier alpha value is -3.33. The highest BCUT2D eigenvalue weighted by Gasteiger charge is 2.46. The fourth-order valence-electron chi connectivity index (χ4n) is 4.19. The lowest BCUT2D eigenvalue weighted by molar-refractivity contribution is -0.159. The minimum Gasteiger partial charge on any atom is -0.453 e. The Morgan fingerprint density at radius 2 is 1.76 bits per heavy atom. The van der Waals surface area contributed by atoms with Gasteiger partial charge in [0.05, 0.1) is 12.0 Å². The van der Waals surface area contributed by atoms with Crippen LogP contribution in [0.2, 0.25) is 0 Å². The van der Waals surface area contributed by atoms with Crippen molar-refractivity contribution in [2.45, 2.75) is 71.4 Å². The molecule has 202 valence electrons. The maximum atomic E-state index is 13.7. The number of unbranched alkanes of at least 4 members (excludes halogenated alkanes) is 3. The molecule has 3 atom stereocenters. The third-order valence-electron chi connectivity index (χ3n) is 6.23. The van der Waals surface area contributed by atoms with E-state index in [1.54, 1.807) is 30.3 Å². The monoisotopic (exact) mass is 515 g/mol. The number of ether oxygens (including phenoxy) is 2. The highest BCUT2D eigenvalue weighted by atomic mass is 16.6. The lowest BCUT2D eigenvalue weighted by atomic mass is 9.89. The van der Waals surface area contributed by atoms with Crippen LogP contribution in [0.25, 0.3) is 0 Å². The van der Waals surface area contributed by atoms with Gasteiger partial charge in [0.25, 0.3) is 0 Å². The number of aliphatic hydroxyl groups excluding tert-OH is 1. The van der Waals surface area contributed by atoms with Crippen molar-refractivity contribution >= 4 is 29.5 Å². The molecular formula is C28H37NO8. The van der Waals surface area contributed by atoms with E-state index in [0.29, 0.717) is 18.4 Å². The van der Waals surface area contributed by atoms with Crippen LogP contribution in [0.1, 0.15) is 58.4 Å². The van der Waals surface area contributed by atoms with Gasteiger partial charge in [0.2, 0.25) is 5.91 Å². The van der Waals surface area contributed by atoms with Gasteiger partial charge in [0, 0.05) is 20.0 Å². The first-order valence-electron chi connectivity index (χ1n) is 12.7. The number of hydrogen-bond acceptors (Lipinski definition) is 8. The molecule has 1 fully saturated rings. The van der Waals surface area contributed by atoms with Crippen LogP contribution in [-0.4, -0.2) is 64.9 Å². The fourth-order valence-corrected chi connectivity index (χ4v) is 4.19. The number of carbonyl (C=O) groups excluding carboxylic acids is 5. The van der Waals surface area contributed by atoms with Crippen LogP contribution >= 0.6 is 0 Å². The predicted molar refractivity (Wildman–Crippen MR) is 135 cm³/mol. The quantitative estimate of drug-likeness (QED) is 0.214. The van der Waals surface area contributed by atoms with Gasteiger partial charge in [0.15, 0.2) is 17.7 Å². The van der Waals surface area contributed by atoms with Gasteiger partial charge in [-0.2, -0.15) is 0 Å². The van der Waals surface area contributed by atoms with E-state index in [1.165, 1.54) is 0 Å². The number of aliphatic hydroxyl groups is 1. The zero-order chi connectivity index (χ0) is 27.4. The van der Waals surface area contributed by atoms with Gasteiger partial charge in [0.1, 0.15) is 6.61 Å². The Kier molecular flexibility index (Phi) is 12.2. The summed E-state index contributed by atoms with van der Waals surface area (Å²) in [4.78, 5) is 64.7. The van der Waals surface area contributed by atoms with Crippen LogP contribution in [-0.2, 0) is 35.1 Å². The first-order valence-corrected chi connectivity index (χ1v) is 12.7. The second-order valence-electron chi connectivity index (χ2n) is 9.51.